The van der Waals surface area contributed by atoms with Gasteiger partial charge in [-0.05, 0) is 53.9 Å². The second kappa shape index (κ2) is 9.59. The summed E-state index contributed by atoms with van der Waals surface area (Å²) in [5.41, 5.74) is 2.36. The van der Waals surface area contributed by atoms with Gasteiger partial charge in [0.2, 0.25) is 0 Å². The SMILES string of the molecule is CCOC(=O)Cc1cccc(COc2cccc3c2C(=O)N(c2ccc(C(F)(F)F)cc2)C3)c1. The van der Waals surface area contributed by atoms with E-state index in [1.165, 1.54) is 17.0 Å². The van der Waals surface area contributed by atoms with Crippen molar-refractivity contribution in [3.8, 4) is 5.75 Å². The summed E-state index contributed by atoms with van der Waals surface area (Å²) in [5, 5.41) is 0. The van der Waals surface area contributed by atoms with Crippen LogP contribution < -0.4 is 9.64 Å². The van der Waals surface area contributed by atoms with Gasteiger partial charge < -0.3 is 14.4 Å². The van der Waals surface area contributed by atoms with Gasteiger partial charge in [-0.2, -0.15) is 13.2 Å². The Balaban J connectivity index is 1.48. The van der Waals surface area contributed by atoms with Gasteiger partial charge in [-0.1, -0.05) is 36.4 Å². The quantitative estimate of drug-likeness (QED) is 0.426. The minimum Gasteiger partial charge on any atom is -0.488 e. The number of fused-ring (bicyclic) bond motifs is 1. The van der Waals surface area contributed by atoms with Crippen molar-refractivity contribution in [1.29, 1.82) is 0 Å². The van der Waals surface area contributed by atoms with E-state index in [0.29, 0.717) is 23.6 Å². The number of rotatable bonds is 7. The maximum Gasteiger partial charge on any atom is 0.416 e. The van der Waals surface area contributed by atoms with Crippen molar-refractivity contribution in [3.63, 3.8) is 0 Å². The molecule has 8 heteroatoms. The number of hydrogen-bond donors (Lipinski definition) is 0. The molecule has 1 heterocycles. The van der Waals surface area contributed by atoms with Crippen molar-refractivity contribution in [2.24, 2.45) is 0 Å². The van der Waals surface area contributed by atoms with E-state index in [1.807, 2.05) is 24.3 Å². The molecule has 1 aliphatic rings. The molecule has 0 unspecified atom stereocenters. The molecule has 1 aliphatic heterocycles. The van der Waals surface area contributed by atoms with E-state index in [1.54, 1.807) is 25.1 Å². The number of benzene rings is 3. The summed E-state index contributed by atoms with van der Waals surface area (Å²) in [6.07, 6.45) is -4.28. The topological polar surface area (TPSA) is 55.8 Å². The molecule has 0 aliphatic carbocycles. The average Bonchev–Trinajstić information content (AvgIpc) is 3.15. The van der Waals surface area contributed by atoms with Gasteiger partial charge in [0.05, 0.1) is 30.7 Å². The Hall–Kier alpha value is -3.81. The summed E-state index contributed by atoms with van der Waals surface area (Å²) >= 11 is 0. The third-order valence-corrected chi connectivity index (χ3v) is 5.45. The van der Waals surface area contributed by atoms with Gasteiger partial charge in [0.1, 0.15) is 12.4 Å². The van der Waals surface area contributed by atoms with Crippen LogP contribution in [0.15, 0.2) is 66.7 Å². The number of amides is 1. The third kappa shape index (κ3) is 5.06. The van der Waals surface area contributed by atoms with Crippen LogP contribution in [0.4, 0.5) is 18.9 Å². The molecule has 0 spiro atoms. The molecule has 0 fully saturated rings. The van der Waals surface area contributed by atoms with E-state index >= 15 is 0 Å². The number of carbonyl (C=O) groups excluding carboxylic acids is 2. The minimum absolute atomic E-state index is 0.156. The molecule has 0 aromatic heterocycles. The fourth-order valence-electron chi connectivity index (χ4n) is 3.86. The summed E-state index contributed by atoms with van der Waals surface area (Å²) in [6.45, 7) is 2.49. The van der Waals surface area contributed by atoms with Gasteiger partial charge in [-0.15, -0.1) is 0 Å². The van der Waals surface area contributed by atoms with Crippen molar-refractivity contribution < 1.29 is 32.2 Å². The molecule has 0 atom stereocenters. The van der Waals surface area contributed by atoms with E-state index in [-0.39, 0.29) is 31.4 Å². The number of halogens is 3. The van der Waals surface area contributed by atoms with Gasteiger partial charge in [-0.3, -0.25) is 9.59 Å². The van der Waals surface area contributed by atoms with Crippen LogP contribution >= 0.6 is 0 Å². The van der Waals surface area contributed by atoms with Gasteiger partial charge in [0.25, 0.3) is 5.91 Å². The zero-order valence-electron chi connectivity index (χ0n) is 18.4. The van der Waals surface area contributed by atoms with Gasteiger partial charge in [0, 0.05) is 5.69 Å². The number of esters is 1. The summed E-state index contributed by atoms with van der Waals surface area (Å²) in [6, 6.07) is 17.1. The smallest absolute Gasteiger partial charge is 0.416 e. The second-order valence-corrected chi connectivity index (χ2v) is 7.82. The Morgan fingerprint density at radius 1 is 1.00 bits per heavy atom. The summed E-state index contributed by atoms with van der Waals surface area (Å²) in [4.78, 5) is 26.3. The van der Waals surface area contributed by atoms with Crippen LogP contribution in [-0.2, 0) is 35.3 Å². The zero-order chi connectivity index (χ0) is 24.3. The van der Waals surface area contributed by atoms with Crippen LogP contribution in [-0.4, -0.2) is 18.5 Å². The molecule has 5 nitrogen and oxygen atoms in total. The lowest BCUT2D eigenvalue weighted by Gasteiger charge is -2.17. The number of alkyl halides is 3. The summed E-state index contributed by atoms with van der Waals surface area (Å²) < 4.78 is 49.5. The van der Waals surface area contributed by atoms with E-state index in [9.17, 15) is 22.8 Å². The predicted octanol–water partition coefficient (Wildman–Crippen LogP) is 5.55. The molecule has 34 heavy (non-hydrogen) atoms. The largest absolute Gasteiger partial charge is 0.488 e. The Labute approximate surface area is 194 Å². The molecule has 4 rings (SSSR count). The first-order chi connectivity index (χ1) is 16.3. The van der Waals surface area contributed by atoms with Crippen LogP contribution in [0, 0.1) is 0 Å². The predicted molar refractivity (Wildman–Crippen MR) is 120 cm³/mol. The fourth-order valence-corrected chi connectivity index (χ4v) is 3.86. The van der Waals surface area contributed by atoms with Crippen molar-refractivity contribution in [1.82, 2.24) is 0 Å². The lowest BCUT2D eigenvalue weighted by atomic mass is 10.1. The molecular weight excluding hydrogens is 447 g/mol. The lowest BCUT2D eigenvalue weighted by molar-refractivity contribution is -0.142. The van der Waals surface area contributed by atoms with Crippen molar-refractivity contribution in [2.45, 2.75) is 32.7 Å². The van der Waals surface area contributed by atoms with Gasteiger partial charge >= 0.3 is 12.1 Å². The van der Waals surface area contributed by atoms with E-state index in [2.05, 4.69) is 0 Å². The highest BCUT2D eigenvalue weighted by Gasteiger charge is 2.33. The number of carbonyl (C=O) groups is 2. The van der Waals surface area contributed by atoms with Gasteiger partial charge in [-0.25, -0.2) is 0 Å². The van der Waals surface area contributed by atoms with E-state index in [0.717, 1.165) is 28.8 Å². The van der Waals surface area contributed by atoms with Crippen molar-refractivity contribution in [2.75, 3.05) is 11.5 Å². The molecule has 3 aromatic rings. The Kier molecular flexibility index (Phi) is 6.58. The summed E-state index contributed by atoms with van der Waals surface area (Å²) in [5.74, 6) is -0.246. The molecule has 0 bridgehead atoms. The molecule has 3 aromatic carbocycles. The van der Waals surface area contributed by atoms with Crippen LogP contribution in [0.3, 0.4) is 0 Å². The molecule has 176 valence electrons. The average molecular weight is 469 g/mol. The Morgan fingerprint density at radius 2 is 1.71 bits per heavy atom. The molecule has 1 amide bonds. The molecular formula is C26H22F3NO4. The maximum absolute atomic E-state index is 13.1. The van der Waals surface area contributed by atoms with E-state index in [4.69, 9.17) is 9.47 Å². The molecule has 0 saturated heterocycles. The highest BCUT2D eigenvalue weighted by atomic mass is 19.4. The molecule has 0 saturated carbocycles. The summed E-state index contributed by atoms with van der Waals surface area (Å²) in [7, 11) is 0. The maximum atomic E-state index is 13.1. The number of ether oxygens (including phenoxy) is 2. The van der Waals surface area contributed by atoms with Crippen molar-refractivity contribution in [3.05, 3.63) is 94.5 Å². The number of hydrogen-bond acceptors (Lipinski definition) is 4. The first-order valence-electron chi connectivity index (χ1n) is 10.7. The standard InChI is InChI=1S/C26H22F3NO4/c1-2-33-23(31)14-17-5-3-6-18(13-17)16-34-22-8-4-7-19-15-30(25(32)24(19)22)21-11-9-20(10-12-21)26(27,28)29/h3-13H,2,14-16H2,1H3. The number of nitrogens with zero attached hydrogens (tertiary/aromatic N) is 1. The number of anilines is 1. The van der Waals surface area contributed by atoms with Crippen molar-refractivity contribution >= 4 is 17.6 Å². The molecule has 0 N–H and O–H groups in total. The second-order valence-electron chi connectivity index (χ2n) is 7.82. The minimum atomic E-state index is -4.44. The van der Waals surface area contributed by atoms with Crippen LogP contribution in [0.25, 0.3) is 0 Å². The Morgan fingerprint density at radius 3 is 2.41 bits per heavy atom. The molecule has 0 radical (unpaired) electrons. The third-order valence-electron chi connectivity index (χ3n) is 5.45. The zero-order valence-corrected chi connectivity index (χ0v) is 18.4. The first kappa shape index (κ1) is 23.4. The normalized spacial score (nSPS) is 13.1. The lowest BCUT2D eigenvalue weighted by Crippen LogP contribution is -2.23. The monoisotopic (exact) mass is 469 g/mol. The highest BCUT2D eigenvalue weighted by molar-refractivity contribution is 6.11. The first-order valence-corrected chi connectivity index (χ1v) is 10.7. The Bertz CT molecular complexity index is 1210. The van der Waals surface area contributed by atoms with Crippen LogP contribution in [0.1, 0.15) is 39.5 Å². The van der Waals surface area contributed by atoms with Crippen LogP contribution in [0.5, 0.6) is 5.75 Å². The van der Waals surface area contributed by atoms with E-state index < -0.39 is 11.7 Å². The van der Waals surface area contributed by atoms with Crippen LogP contribution in [0.2, 0.25) is 0 Å². The van der Waals surface area contributed by atoms with Gasteiger partial charge in [0.15, 0.2) is 0 Å². The highest BCUT2D eigenvalue weighted by Crippen LogP contribution is 2.36. The fraction of sp³-hybridized carbons (Fsp3) is 0.231.